The Bertz CT molecular complexity index is 544. The molecule has 108 valence electrons. The van der Waals surface area contributed by atoms with E-state index in [1.165, 1.54) is 6.20 Å². The Labute approximate surface area is 111 Å². The lowest BCUT2D eigenvalue weighted by atomic mass is 10.0. The molecule has 0 aliphatic heterocycles. The summed E-state index contributed by atoms with van der Waals surface area (Å²) < 4.78 is 27.0. The zero-order valence-corrected chi connectivity index (χ0v) is 11.9. The third-order valence-corrected chi connectivity index (χ3v) is 3.81. The molecule has 9 heteroatoms. The van der Waals surface area contributed by atoms with Crippen LogP contribution >= 0.6 is 0 Å². The molecule has 0 aromatic carbocycles. The van der Waals surface area contributed by atoms with Crippen LogP contribution in [0.4, 0.5) is 0 Å². The number of rotatable bonds is 6. The molecule has 0 amide bonds. The first-order valence-electron chi connectivity index (χ1n) is 5.65. The molecule has 0 saturated heterocycles. The van der Waals surface area contributed by atoms with Crippen molar-refractivity contribution in [2.45, 2.75) is 33.9 Å². The van der Waals surface area contributed by atoms with Gasteiger partial charge < -0.3 is 5.11 Å². The molecular formula is C10H18N4O4S. The van der Waals surface area contributed by atoms with Gasteiger partial charge in [-0.2, -0.15) is 0 Å². The van der Waals surface area contributed by atoms with Crippen LogP contribution in [0.15, 0.2) is 6.20 Å². The summed E-state index contributed by atoms with van der Waals surface area (Å²) in [6, 6.07) is 0. The molecule has 0 spiro atoms. The minimum atomic E-state index is -3.39. The Morgan fingerprint density at radius 2 is 2.11 bits per heavy atom. The predicted octanol–water partition coefficient (Wildman–Crippen LogP) is -0.172. The van der Waals surface area contributed by atoms with Crippen molar-refractivity contribution in [3.05, 3.63) is 11.9 Å². The maximum Gasteiger partial charge on any atom is 0.325 e. The average Bonchev–Trinajstić information content (AvgIpc) is 2.58. The molecule has 0 aliphatic rings. The van der Waals surface area contributed by atoms with E-state index in [4.69, 9.17) is 5.11 Å². The van der Waals surface area contributed by atoms with Crippen LogP contribution in [0.3, 0.4) is 0 Å². The van der Waals surface area contributed by atoms with E-state index in [9.17, 15) is 13.2 Å². The molecule has 2 N–H and O–H groups in total. The van der Waals surface area contributed by atoms with E-state index in [0.29, 0.717) is 5.69 Å². The molecule has 1 rings (SSSR count). The second-order valence-electron chi connectivity index (χ2n) is 5.44. The monoisotopic (exact) mass is 290 g/mol. The number of nitrogens with zero attached hydrogens (tertiary/aromatic N) is 3. The summed E-state index contributed by atoms with van der Waals surface area (Å²) in [5.74, 6) is -1.03. The number of carbonyl (C=O) groups is 1. The SMILES string of the molecule is CC(C)(C)CS(=O)(=O)NCc1cn(CC(=O)O)nn1. The number of hydrogen-bond acceptors (Lipinski definition) is 5. The second kappa shape index (κ2) is 5.66. The lowest BCUT2D eigenvalue weighted by molar-refractivity contribution is -0.137. The minimum Gasteiger partial charge on any atom is -0.480 e. The van der Waals surface area contributed by atoms with E-state index in [2.05, 4.69) is 15.0 Å². The number of nitrogens with one attached hydrogen (secondary N) is 1. The predicted molar refractivity (Wildman–Crippen MR) is 67.7 cm³/mol. The van der Waals surface area contributed by atoms with Gasteiger partial charge in [-0.15, -0.1) is 5.10 Å². The maximum absolute atomic E-state index is 11.7. The zero-order valence-electron chi connectivity index (χ0n) is 11.1. The van der Waals surface area contributed by atoms with E-state index >= 15 is 0 Å². The van der Waals surface area contributed by atoms with E-state index in [1.807, 2.05) is 20.8 Å². The molecule has 0 unspecified atom stereocenters. The van der Waals surface area contributed by atoms with Crippen molar-refractivity contribution in [1.82, 2.24) is 19.7 Å². The number of hydrogen-bond donors (Lipinski definition) is 2. The Morgan fingerprint density at radius 1 is 1.47 bits per heavy atom. The fourth-order valence-electron chi connectivity index (χ4n) is 1.44. The van der Waals surface area contributed by atoms with Crippen LogP contribution in [0, 0.1) is 5.41 Å². The first-order chi connectivity index (χ1) is 8.57. The highest BCUT2D eigenvalue weighted by Gasteiger charge is 2.21. The van der Waals surface area contributed by atoms with Crippen molar-refractivity contribution in [1.29, 1.82) is 0 Å². The summed E-state index contributed by atoms with van der Waals surface area (Å²) in [4.78, 5) is 10.5. The van der Waals surface area contributed by atoms with Crippen LogP contribution in [0.1, 0.15) is 26.5 Å². The van der Waals surface area contributed by atoms with Crippen LogP contribution in [-0.4, -0.2) is 40.2 Å². The van der Waals surface area contributed by atoms with E-state index in [-0.39, 0.29) is 24.3 Å². The Balaban J connectivity index is 2.57. The maximum atomic E-state index is 11.7. The number of aromatic nitrogens is 3. The normalized spacial score (nSPS) is 12.6. The van der Waals surface area contributed by atoms with E-state index < -0.39 is 16.0 Å². The van der Waals surface area contributed by atoms with Gasteiger partial charge in [0.25, 0.3) is 0 Å². The lowest BCUT2D eigenvalue weighted by Crippen LogP contribution is -2.32. The molecular weight excluding hydrogens is 272 g/mol. The Morgan fingerprint density at radius 3 is 2.63 bits per heavy atom. The second-order valence-corrected chi connectivity index (χ2v) is 7.25. The van der Waals surface area contributed by atoms with Gasteiger partial charge in [0, 0.05) is 0 Å². The van der Waals surface area contributed by atoms with Crippen LogP contribution in [-0.2, 0) is 27.9 Å². The molecule has 1 aromatic rings. The van der Waals surface area contributed by atoms with Gasteiger partial charge in [-0.1, -0.05) is 26.0 Å². The van der Waals surface area contributed by atoms with Crippen LogP contribution in [0.5, 0.6) is 0 Å². The largest absolute Gasteiger partial charge is 0.480 e. The van der Waals surface area contributed by atoms with E-state index in [0.717, 1.165) is 4.68 Å². The topological polar surface area (TPSA) is 114 Å². The summed E-state index contributed by atoms with van der Waals surface area (Å²) in [5.41, 5.74) is 0.0333. The van der Waals surface area contributed by atoms with Crippen molar-refractivity contribution in [3.8, 4) is 0 Å². The van der Waals surface area contributed by atoms with Crippen molar-refractivity contribution in [2.75, 3.05) is 5.75 Å². The highest BCUT2D eigenvalue weighted by molar-refractivity contribution is 7.89. The van der Waals surface area contributed by atoms with Gasteiger partial charge in [-0.3, -0.25) is 4.79 Å². The van der Waals surface area contributed by atoms with Gasteiger partial charge in [0.2, 0.25) is 10.0 Å². The van der Waals surface area contributed by atoms with Crippen LogP contribution in [0.2, 0.25) is 0 Å². The van der Waals surface area contributed by atoms with Gasteiger partial charge in [-0.05, 0) is 5.41 Å². The van der Waals surface area contributed by atoms with Crippen molar-refractivity contribution < 1.29 is 18.3 Å². The zero-order chi connectivity index (χ0) is 14.7. The quantitative estimate of drug-likeness (QED) is 0.751. The number of sulfonamides is 1. The summed E-state index contributed by atoms with van der Waals surface area (Å²) in [5, 5.41) is 15.8. The molecule has 1 heterocycles. The molecule has 19 heavy (non-hydrogen) atoms. The van der Waals surface area contributed by atoms with Crippen molar-refractivity contribution in [3.63, 3.8) is 0 Å². The smallest absolute Gasteiger partial charge is 0.325 e. The summed E-state index contributed by atoms with van der Waals surface area (Å²) in [6.45, 7) is 5.18. The Kier molecular flexibility index (Phi) is 4.64. The van der Waals surface area contributed by atoms with Crippen molar-refractivity contribution >= 4 is 16.0 Å². The molecule has 0 saturated carbocycles. The van der Waals surface area contributed by atoms with Crippen LogP contribution < -0.4 is 4.72 Å². The summed E-state index contributed by atoms with van der Waals surface area (Å²) >= 11 is 0. The standard InChI is InChI=1S/C10H18N4O4S/c1-10(2,3)7-19(17,18)11-4-8-5-14(13-12-8)6-9(15)16/h5,11H,4,6-7H2,1-3H3,(H,15,16). The first kappa shape index (κ1) is 15.6. The van der Waals surface area contributed by atoms with Gasteiger partial charge >= 0.3 is 5.97 Å². The molecule has 1 aromatic heterocycles. The highest BCUT2D eigenvalue weighted by atomic mass is 32.2. The molecule has 8 nitrogen and oxygen atoms in total. The average molecular weight is 290 g/mol. The molecule has 0 radical (unpaired) electrons. The van der Waals surface area contributed by atoms with Gasteiger partial charge in [0.05, 0.1) is 24.2 Å². The third-order valence-electron chi connectivity index (χ3n) is 1.98. The molecule has 0 aliphatic carbocycles. The summed E-state index contributed by atoms with van der Waals surface area (Å²) in [6.07, 6.45) is 1.40. The van der Waals surface area contributed by atoms with Crippen LogP contribution in [0.25, 0.3) is 0 Å². The molecule has 0 fully saturated rings. The number of carboxylic acids is 1. The number of carboxylic acid groups (broad SMARTS) is 1. The molecule has 0 bridgehead atoms. The first-order valence-corrected chi connectivity index (χ1v) is 7.31. The lowest BCUT2D eigenvalue weighted by Gasteiger charge is -2.17. The Hall–Kier alpha value is -1.48. The van der Waals surface area contributed by atoms with Gasteiger partial charge in [0.1, 0.15) is 6.54 Å². The van der Waals surface area contributed by atoms with Crippen molar-refractivity contribution in [2.24, 2.45) is 5.41 Å². The van der Waals surface area contributed by atoms with Gasteiger partial charge in [0.15, 0.2) is 0 Å². The highest BCUT2D eigenvalue weighted by Crippen LogP contribution is 2.15. The number of aliphatic carboxylic acids is 1. The molecule has 0 atom stereocenters. The fourth-order valence-corrected chi connectivity index (χ4v) is 3.05. The fraction of sp³-hybridized carbons (Fsp3) is 0.700. The summed E-state index contributed by atoms with van der Waals surface area (Å²) in [7, 11) is -3.39. The third kappa shape index (κ3) is 6.30. The minimum absolute atomic E-state index is 0.00195. The van der Waals surface area contributed by atoms with Gasteiger partial charge in [-0.25, -0.2) is 17.8 Å². The van der Waals surface area contributed by atoms with E-state index in [1.54, 1.807) is 0 Å².